The van der Waals surface area contributed by atoms with Crippen LogP contribution in [0.3, 0.4) is 0 Å². The molecule has 1 aromatic carbocycles. The first-order valence-electron chi connectivity index (χ1n) is 9.88. The fourth-order valence-corrected chi connectivity index (χ4v) is 3.06. The van der Waals surface area contributed by atoms with Crippen LogP contribution >= 0.6 is 0 Å². The molecule has 0 spiro atoms. The van der Waals surface area contributed by atoms with Gasteiger partial charge in [-0.3, -0.25) is 0 Å². The molecule has 5 heteroatoms. The van der Waals surface area contributed by atoms with E-state index in [1.807, 2.05) is 20.8 Å². The second-order valence-electron chi connectivity index (χ2n) is 6.03. The Kier molecular flexibility index (Phi) is 14.7. The van der Waals surface area contributed by atoms with E-state index in [4.69, 9.17) is 14.2 Å². The van der Waals surface area contributed by atoms with Crippen molar-refractivity contribution in [1.82, 2.24) is 0 Å². The SMILES string of the molecule is C=C.CCOC(C)OCC.CCOc1ccc(C2CCCCC2)c(F)c1F. The highest BCUT2D eigenvalue weighted by Gasteiger charge is 2.22. The number of halogens is 2. The summed E-state index contributed by atoms with van der Waals surface area (Å²) in [6.07, 6.45) is 5.31. The van der Waals surface area contributed by atoms with Crippen molar-refractivity contribution in [2.45, 2.75) is 72.0 Å². The van der Waals surface area contributed by atoms with Crippen molar-refractivity contribution in [1.29, 1.82) is 0 Å². The molecule has 0 unspecified atom stereocenters. The summed E-state index contributed by atoms with van der Waals surface area (Å²) in [5.41, 5.74) is 0.519. The summed E-state index contributed by atoms with van der Waals surface area (Å²) < 4.78 is 42.8. The summed E-state index contributed by atoms with van der Waals surface area (Å²) in [5.74, 6) is -1.36. The molecule has 0 saturated heterocycles. The van der Waals surface area contributed by atoms with Gasteiger partial charge in [0, 0.05) is 13.2 Å². The molecule has 1 aliphatic rings. The molecule has 0 aliphatic heterocycles. The van der Waals surface area contributed by atoms with Gasteiger partial charge in [0.25, 0.3) is 0 Å². The van der Waals surface area contributed by atoms with Gasteiger partial charge >= 0.3 is 0 Å². The van der Waals surface area contributed by atoms with Crippen molar-refractivity contribution < 1.29 is 23.0 Å². The molecule has 2 rings (SSSR count). The molecule has 156 valence electrons. The van der Waals surface area contributed by atoms with Crippen molar-refractivity contribution in [3.8, 4) is 5.75 Å². The van der Waals surface area contributed by atoms with E-state index in [2.05, 4.69) is 13.2 Å². The van der Waals surface area contributed by atoms with Crippen LogP contribution in [0, 0.1) is 11.6 Å². The Bertz CT molecular complexity index is 497. The van der Waals surface area contributed by atoms with Crippen molar-refractivity contribution in [3.63, 3.8) is 0 Å². The van der Waals surface area contributed by atoms with Crippen LogP contribution in [0.4, 0.5) is 8.78 Å². The predicted molar refractivity (Wildman–Crippen MR) is 107 cm³/mol. The van der Waals surface area contributed by atoms with E-state index >= 15 is 0 Å². The molecule has 0 atom stereocenters. The normalized spacial score (nSPS) is 14.0. The molecule has 27 heavy (non-hydrogen) atoms. The van der Waals surface area contributed by atoms with Crippen LogP contribution in [0.2, 0.25) is 0 Å². The summed E-state index contributed by atoms with van der Waals surface area (Å²) in [6.45, 7) is 15.4. The molecule has 0 bridgehead atoms. The molecule has 1 fully saturated rings. The Morgan fingerprint density at radius 2 is 1.48 bits per heavy atom. The van der Waals surface area contributed by atoms with Gasteiger partial charge in [-0.25, -0.2) is 4.39 Å². The summed E-state index contributed by atoms with van der Waals surface area (Å²) in [5, 5.41) is 0. The molecule has 0 aromatic heterocycles. The van der Waals surface area contributed by atoms with Crippen LogP contribution in [0.5, 0.6) is 5.75 Å². The first-order valence-corrected chi connectivity index (χ1v) is 9.88. The second kappa shape index (κ2) is 15.6. The summed E-state index contributed by atoms with van der Waals surface area (Å²) in [6, 6.07) is 3.23. The van der Waals surface area contributed by atoms with Crippen molar-refractivity contribution >= 4 is 0 Å². The maximum Gasteiger partial charge on any atom is 0.200 e. The lowest BCUT2D eigenvalue weighted by Crippen LogP contribution is -2.11. The molecule has 0 N–H and O–H groups in total. The van der Waals surface area contributed by atoms with E-state index < -0.39 is 11.6 Å². The summed E-state index contributed by atoms with van der Waals surface area (Å²) >= 11 is 0. The van der Waals surface area contributed by atoms with E-state index in [1.165, 1.54) is 6.42 Å². The summed E-state index contributed by atoms with van der Waals surface area (Å²) in [7, 11) is 0. The number of benzene rings is 1. The highest BCUT2D eigenvalue weighted by Crippen LogP contribution is 2.36. The van der Waals surface area contributed by atoms with Crippen molar-refractivity contribution in [2.24, 2.45) is 0 Å². The predicted octanol–water partition coefficient (Wildman–Crippen LogP) is 6.62. The second-order valence-corrected chi connectivity index (χ2v) is 6.03. The Morgan fingerprint density at radius 3 is 1.96 bits per heavy atom. The minimum atomic E-state index is -0.838. The molecule has 1 aliphatic carbocycles. The van der Waals surface area contributed by atoms with Crippen LogP contribution in [0.15, 0.2) is 25.3 Å². The standard InChI is InChI=1S/C14H18F2O.C6H14O2.C2H4/c1-2-17-12-9-8-11(13(15)14(12)16)10-6-4-3-5-7-10;1-4-7-6(3)8-5-2;1-2/h8-10H,2-7H2,1H3;6H,4-5H2,1-3H3;1-2H2. The van der Waals surface area contributed by atoms with E-state index in [1.54, 1.807) is 19.1 Å². The van der Waals surface area contributed by atoms with Gasteiger partial charge in [0.05, 0.1) is 6.61 Å². The topological polar surface area (TPSA) is 27.7 Å². The van der Waals surface area contributed by atoms with Gasteiger partial charge < -0.3 is 14.2 Å². The third-order valence-electron chi connectivity index (χ3n) is 4.22. The Morgan fingerprint density at radius 1 is 0.926 bits per heavy atom. The monoisotopic (exact) mass is 386 g/mol. The number of hydrogen-bond donors (Lipinski definition) is 0. The maximum absolute atomic E-state index is 13.9. The zero-order chi connectivity index (χ0) is 20.7. The fourth-order valence-electron chi connectivity index (χ4n) is 3.06. The zero-order valence-electron chi connectivity index (χ0n) is 17.4. The molecule has 0 heterocycles. The maximum atomic E-state index is 13.9. The largest absolute Gasteiger partial charge is 0.491 e. The first kappa shape index (κ1) is 25.5. The van der Waals surface area contributed by atoms with Gasteiger partial charge in [0.2, 0.25) is 5.82 Å². The molecule has 0 amide bonds. The van der Waals surface area contributed by atoms with Gasteiger partial charge in [-0.05, 0) is 58.1 Å². The van der Waals surface area contributed by atoms with Gasteiger partial charge in [0.1, 0.15) is 0 Å². The van der Waals surface area contributed by atoms with Gasteiger partial charge in [-0.15, -0.1) is 13.2 Å². The third-order valence-corrected chi connectivity index (χ3v) is 4.22. The van der Waals surface area contributed by atoms with Crippen LogP contribution in [0.25, 0.3) is 0 Å². The van der Waals surface area contributed by atoms with Crippen LogP contribution in [0.1, 0.15) is 71.3 Å². The van der Waals surface area contributed by atoms with Crippen LogP contribution in [-0.4, -0.2) is 26.1 Å². The fraction of sp³-hybridized carbons (Fsp3) is 0.636. The third kappa shape index (κ3) is 9.34. The number of rotatable bonds is 7. The lowest BCUT2D eigenvalue weighted by atomic mass is 9.84. The minimum Gasteiger partial charge on any atom is -0.491 e. The first-order chi connectivity index (χ1) is 13.0. The lowest BCUT2D eigenvalue weighted by Gasteiger charge is -2.22. The van der Waals surface area contributed by atoms with E-state index in [0.717, 1.165) is 38.9 Å². The number of hydrogen-bond acceptors (Lipinski definition) is 3. The summed E-state index contributed by atoms with van der Waals surface area (Å²) in [4.78, 5) is 0. The number of ether oxygens (including phenoxy) is 3. The van der Waals surface area contributed by atoms with E-state index in [0.29, 0.717) is 12.2 Å². The smallest absolute Gasteiger partial charge is 0.200 e. The quantitative estimate of drug-likeness (QED) is 0.389. The van der Waals surface area contributed by atoms with Crippen LogP contribution in [-0.2, 0) is 9.47 Å². The van der Waals surface area contributed by atoms with Crippen molar-refractivity contribution in [2.75, 3.05) is 19.8 Å². The molecular formula is C22H36F2O3. The van der Waals surface area contributed by atoms with Gasteiger partial charge in [-0.2, -0.15) is 4.39 Å². The zero-order valence-corrected chi connectivity index (χ0v) is 17.4. The molecule has 1 aromatic rings. The lowest BCUT2D eigenvalue weighted by molar-refractivity contribution is -0.123. The Balaban J connectivity index is 0.000000574. The molecule has 1 saturated carbocycles. The highest BCUT2D eigenvalue weighted by atomic mass is 19.2. The molecule has 3 nitrogen and oxygen atoms in total. The van der Waals surface area contributed by atoms with E-state index in [-0.39, 0.29) is 18.0 Å². The Hall–Kier alpha value is -1.46. The molecular weight excluding hydrogens is 350 g/mol. The highest BCUT2D eigenvalue weighted by molar-refractivity contribution is 5.33. The van der Waals surface area contributed by atoms with Gasteiger partial charge in [0.15, 0.2) is 17.9 Å². The molecule has 0 radical (unpaired) electrons. The minimum absolute atomic E-state index is 0.0181. The van der Waals surface area contributed by atoms with Crippen LogP contribution < -0.4 is 4.74 Å². The average Bonchev–Trinajstić information content (AvgIpc) is 2.69. The Labute approximate surface area is 163 Å². The van der Waals surface area contributed by atoms with Crippen molar-refractivity contribution in [3.05, 3.63) is 42.5 Å². The van der Waals surface area contributed by atoms with E-state index in [9.17, 15) is 8.78 Å². The van der Waals surface area contributed by atoms with Gasteiger partial charge in [-0.1, -0.05) is 25.3 Å². The average molecular weight is 387 g/mol.